The van der Waals surface area contributed by atoms with Crippen LogP contribution < -0.4 is 20.9 Å². The van der Waals surface area contributed by atoms with Crippen molar-refractivity contribution in [1.29, 1.82) is 0 Å². The molecule has 220 valence electrons. The Balaban J connectivity index is 1.34. The molecule has 5 rings (SSSR count). The van der Waals surface area contributed by atoms with Gasteiger partial charge < -0.3 is 30.5 Å². The predicted molar refractivity (Wildman–Crippen MR) is 173 cm³/mol. The van der Waals surface area contributed by atoms with Crippen LogP contribution in [0.25, 0.3) is 11.1 Å². The van der Waals surface area contributed by atoms with Crippen molar-refractivity contribution in [2.75, 3.05) is 48.8 Å². The van der Waals surface area contributed by atoms with Crippen molar-refractivity contribution < 1.29 is 14.4 Å². The van der Waals surface area contributed by atoms with E-state index in [1.54, 1.807) is 35.2 Å². The van der Waals surface area contributed by atoms with Crippen LogP contribution in [0.15, 0.2) is 97.1 Å². The second-order valence-electron chi connectivity index (χ2n) is 10.9. The maximum atomic E-state index is 13.7. The summed E-state index contributed by atoms with van der Waals surface area (Å²) in [5.74, 6) is -0.455. The standard InChI is InChI=1S/C35H37N5O3/c1-38(2)20-9-21-39-28(24-41)23-40(33-15-8-7-14-32(33)39)35(43)25-16-18-27(19-17-25)37-34(42)31-13-6-5-12-30(31)29-11-4-3-10-26(29)22-36/h3-8,10-19,24,28H,9,20-23,36H2,1-2H3,(H,37,42). The zero-order valence-corrected chi connectivity index (χ0v) is 24.6. The molecule has 0 saturated carbocycles. The summed E-state index contributed by atoms with van der Waals surface area (Å²) in [6.07, 6.45) is 1.82. The number of benzene rings is 4. The quantitative estimate of drug-likeness (QED) is 0.257. The first-order chi connectivity index (χ1) is 20.9. The topological polar surface area (TPSA) is 99.0 Å². The van der Waals surface area contributed by atoms with Crippen molar-refractivity contribution in [3.05, 3.63) is 114 Å². The molecule has 8 heteroatoms. The van der Waals surface area contributed by atoms with Crippen molar-refractivity contribution in [3.8, 4) is 11.1 Å². The van der Waals surface area contributed by atoms with Crippen molar-refractivity contribution in [1.82, 2.24) is 4.90 Å². The van der Waals surface area contributed by atoms with Crippen LogP contribution in [0, 0.1) is 0 Å². The van der Waals surface area contributed by atoms with Gasteiger partial charge in [-0.1, -0.05) is 54.6 Å². The van der Waals surface area contributed by atoms with Crippen LogP contribution in [0.2, 0.25) is 0 Å². The summed E-state index contributed by atoms with van der Waals surface area (Å²) in [6.45, 7) is 2.25. The normalized spacial score (nSPS) is 14.4. The highest BCUT2D eigenvalue weighted by atomic mass is 16.2. The highest BCUT2D eigenvalue weighted by molar-refractivity contribution is 6.11. The molecule has 4 aromatic carbocycles. The van der Waals surface area contributed by atoms with E-state index in [1.807, 2.05) is 80.8 Å². The minimum Gasteiger partial charge on any atom is -0.358 e. The van der Waals surface area contributed by atoms with Gasteiger partial charge in [0.05, 0.1) is 17.9 Å². The zero-order valence-electron chi connectivity index (χ0n) is 24.6. The van der Waals surface area contributed by atoms with Gasteiger partial charge in [0.25, 0.3) is 11.8 Å². The van der Waals surface area contributed by atoms with Gasteiger partial charge in [-0.15, -0.1) is 0 Å². The molecule has 0 spiro atoms. The van der Waals surface area contributed by atoms with Gasteiger partial charge in [0.2, 0.25) is 0 Å². The van der Waals surface area contributed by atoms with Gasteiger partial charge in [0.15, 0.2) is 0 Å². The molecule has 1 aliphatic rings. The minimum absolute atomic E-state index is 0.200. The van der Waals surface area contributed by atoms with Crippen LogP contribution in [0.4, 0.5) is 17.1 Å². The molecule has 0 radical (unpaired) electrons. The molecular formula is C35H37N5O3. The Morgan fingerprint density at radius 2 is 1.53 bits per heavy atom. The summed E-state index contributed by atoms with van der Waals surface area (Å²) in [7, 11) is 4.06. The number of nitrogens with two attached hydrogens (primary N) is 1. The number of fused-ring (bicyclic) bond motifs is 1. The fourth-order valence-electron chi connectivity index (χ4n) is 5.58. The molecule has 1 unspecified atom stereocenters. The predicted octanol–water partition coefficient (Wildman–Crippen LogP) is 5.05. The van der Waals surface area contributed by atoms with Gasteiger partial charge in [0, 0.05) is 29.9 Å². The smallest absolute Gasteiger partial charge is 0.258 e. The Bertz CT molecular complexity index is 1600. The van der Waals surface area contributed by atoms with E-state index >= 15 is 0 Å². The number of carbonyl (C=O) groups is 3. The van der Waals surface area contributed by atoms with Gasteiger partial charge in [-0.2, -0.15) is 0 Å². The number of hydrogen-bond acceptors (Lipinski definition) is 6. The van der Waals surface area contributed by atoms with Crippen LogP contribution >= 0.6 is 0 Å². The molecule has 2 amide bonds. The average molecular weight is 576 g/mol. The average Bonchev–Trinajstić information content (AvgIpc) is 3.04. The summed E-state index contributed by atoms with van der Waals surface area (Å²) < 4.78 is 0. The van der Waals surface area contributed by atoms with E-state index in [-0.39, 0.29) is 18.4 Å². The fourth-order valence-corrected chi connectivity index (χ4v) is 5.58. The number of nitrogens with zero attached hydrogens (tertiary/aromatic N) is 3. The second kappa shape index (κ2) is 13.5. The molecule has 0 bridgehead atoms. The molecule has 0 fully saturated rings. The molecule has 43 heavy (non-hydrogen) atoms. The van der Waals surface area contributed by atoms with E-state index in [2.05, 4.69) is 15.1 Å². The minimum atomic E-state index is -0.441. The first-order valence-electron chi connectivity index (χ1n) is 14.5. The largest absolute Gasteiger partial charge is 0.358 e. The van der Waals surface area contributed by atoms with Gasteiger partial charge in [-0.25, -0.2) is 0 Å². The van der Waals surface area contributed by atoms with Crippen LogP contribution in [0.5, 0.6) is 0 Å². The lowest BCUT2D eigenvalue weighted by Gasteiger charge is -2.41. The third-order valence-corrected chi connectivity index (χ3v) is 7.75. The molecule has 1 heterocycles. The third-order valence-electron chi connectivity index (χ3n) is 7.75. The number of para-hydroxylation sites is 2. The molecule has 0 aromatic heterocycles. The first kappa shape index (κ1) is 29.7. The SMILES string of the molecule is CN(C)CCCN1c2ccccc2N(C(=O)c2ccc(NC(=O)c3ccccc3-c3ccccc3CN)cc2)CC1C=O. The van der Waals surface area contributed by atoms with Crippen molar-refractivity contribution in [2.45, 2.75) is 19.0 Å². The summed E-state index contributed by atoms with van der Waals surface area (Å²) in [6, 6.07) is 29.3. The zero-order chi connectivity index (χ0) is 30.3. The van der Waals surface area contributed by atoms with Gasteiger partial charge >= 0.3 is 0 Å². The number of anilines is 3. The molecule has 0 aliphatic carbocycles. The van der Waals surface area contributed by atoms with E-state index < -0.39 is 6.04 Å². The Morgan fingerprint density at radius 1 is 0.884 bits per heavy atom. The summed E-state index contributed by atoms with van der Waals surface area (Å²) >= 11 is 0. The Kier molecular flexibility index (Phi) is 9.29. The Morgan fingerprint density at radius 3 is 2.23 bits per heavy atom. The lowest BCUT2D eigenvalue weighted by atomic mass is 9.95. The maximum Gasteiger partial charge on any atom is 0.258 e. The van der Waals surface area contributed by atoms with Gasteiger partial charge in [-0.05, 0) is 86.2 Å². The van der Waals surface area contributed by atoms with Crippen LogP contribution in [0.1, 0.15) is 32.7 Å². The first-order valence-corrected chi connectivity index (χ1v) is 14.5. The third kappa shape index (κ3) is 6.51. The summed E-state index contributed by atoms with van der Waals surface area (Å²) in [5, 5.41) is 2.97. The Hall–Kier alpha value is -4.79. The molecule has 4 aromatic rings. The van der Waals surface area contributed by atoms with Crippen molar-refractivity contribution in [3.63, 3.8) is 0 Å². The maximum absolute atomic E-state index is 13.7. The van der Waals surface area contributed by atoms with E-state index in [0.29, 0.717) is 23.4 Å². The summed E-state index contributed by atoms with van der Waals surface area (Å²) in [4.78, 5) is 45.2. The molecule has 3 N–H and O–H groups in total. The highest BCUT2D eigenvalue weighted by Gasteiger charge is 2.33. The summed E-state index contributed by atoms with van der Waals surface area (Å²) in [5.41, 5.74) is 11.9. The lowest BCUT2D eigenvalue weighted by molar-refractivity contribution is -0.108. The molecule has 8 nitrogen and oxygen atoms in total. The van der Waals surface area contributed by atoms with Crippen LogP contribution in [-0.2, 0) is 11.3 Å². The monoisotopic (exact) mass is 575 g/mol. The van der Waals surface area contributed by atoms with E-state index in [9.17, 15) is 14.4 Å². The van der Waals surface area contributed by atoms with E-state index in [0.717, 1.165) is 53.9 Å². The number of hydrogen-bond donors (Lipinski definition) is 2. The van der Waals surface area contributed by atoms with Gasteiger partial charge in [0.1, 0.15) is 12.3 Å². The molecular weight excluding hydrogens is 538 g/mol. The molecule has 0 saturated heterocycles. The molecule has 1 aliphatic heterocycles. The molecule has 1 atom stereocenters. The van der Waals surface area contributed by atoms with Crippen LogP contribution in [-0.4, -0.2) is 62.8 Å². The lowest BCUT2D eigenvalue weighted by Crippen LogP contribution is -2.52. The van der Waals surface area contributed by atoms with Crippen molar-refractivity contribution >= 4 is 35.2 Å². The van der Waals surface area contributed by atoms with E-state index in [1.165, 1.54) is 0 Å². The number of nitrogens with one attached hydrogen (secondary N) is 1. The number of rotatable bonds is 10. The van der Waals surface area contributed by atoms with Crippen LogP contribution in [0.3, 0.4) is 0 Å². The van der Waals surface area contributed by atoms with Gasteiger partial charge in [-0.3, -0.25) is 9.59 Å². The van der Waals surface area contributed by atoms with Crippen molar-refractivity contribution in [2.24, 2.45) is 5.73 Å². The Labute approximate surface area is 252 Å². The fraction of sp³-hybridized carbons (Fsp3) is 0.229. The highest BCUT2D eigenvalue weighted by Crippen LogP contribution is 2.36. The number of aldehydes is 1. The number of amides is 2. The number of carbonyl (C=O) groups excluding carboxylic acids is 3. The van der Waals surface area contributed by atoms with E-state index in [4.69, 9.17) is 5.73 Å². The second-order valence-corrected chi connectivity index (χ2v) is 10.9.